The van der Waals surface area contributed by atoms with Gasteiger partial charge >= 0.3 is 0 Å². The van der Waals surface area contributed by atoms with Crippen LogP contribution in [-0.4, -0.2) is 4.40 Å². The highest BCUT2D eigenvalue weighted by molar-refractivity contribution is 7.26. The minimum Gasteiger partial charge on any atom is -0.310 e. The van der Waals surface area contributed by atoms with Crippen molar-refractivity contribution in [1.82, 2.24) is 4.40 Å². The van der Waals surface area contributed by atoms with Gasteiger partial charge in [-0.25, -0.2) is 0 Å². The van der Waals surface area contributed by atoms with E-state index in [1.54, 1.807) is 0 Å². The van der Waals surface area contributed by atoms with E-state index >= 15 is 0 Å². The van der Waals surface area contributed by atoms with Crippen molar-refractivity contribution in [3.05, 3.63) is 198 Å². The maximum absolute atomic E-state index is 2.67. The van der Waals surface area contributed by atoms with Crippen molar-refractivity contribution in [2.24, 2.45) is 0 Å². The summed E-state index contributed by atoms with van der Waals surface area (Å²) in [7, 11) is 0. The highest BCUT2D eigenvalue weighted by atomic mass is 32.1. The number of rotatable bonds is 6. The summed E-state index contributed by atoms with van der Waals surface area (Å²) in [4.78, 5) is 4.88. The molecule has 4 heteroatoms. The van der Waals surface area contributed by atoms with E-state index in [9.17, 15) is 0 Å². The fraction of sp³-hybridized carbons (Fsp3) is 0.180. The maximum atomic E-state index is 2.67. The van der Waals surface area contributed by atoms with Crippen LogP contribution in [0.25, 0.3) is 58.6 Å². The molecule has 0 radical (unpaired) electrons. The molecule has 0 saturated carbocycles. The van der Waals surface area contributed by atoms with Crippen molar-refractivity contribution in [3.8, 4) is 11.3 Å². The number of hydrogen-bond donors (Lipinski definition) is 0. The first-order valence-corrected chi connectivity index (χ1v) is 23.8. The molecule has 11 aromatic rings. The molecule has 0 bridgehead atoms. The summed E-state index contributed by atoms with van der Waals surface area (Å²) in [6, 6.07) is 65.9. The van der Waals surface area contributed by atoms with Gasteiger partial charge in [0.1, 0.15) is 0 Å². The van der Waals surface area contributed by atoms with Gasteiger partial charge in [-0.2, -0.15) is 0 Å². The largest absolute Gasteiger partial charge is 0.310 e. The number of thiophene rings is 1. The Kier molecular flexibility index (Phi) is 8.58. The number of benzene rings is 8. The first kappa shape index (κ1) is 39.7. The van der Waals surface area contributed by atoms with E-state index in [0.29, 0.717) is 0 Å². The van der Waals surface area contributed by atoms with E-state index in [2.05, 4.69) is 246 Å². The van der Waals surface area contributed by atoms with Gasteiger partial charge in [0, 0.05) is 60.3 Å². The molecule has 0 aliphatic heterocycles. The van der Waals surface area contributed by atoms with Crippen molar-refractivity contribution in [3.63, 3.8) is 0 Å². The van der Waals surface area contributed by atoms with Gasteiger partial charge in [0.2, 0.25) is 0 Å². The van der Waals surface area contributed by atoms with Crippen LogP contribution in [0.4, 0.5) is 34.1 Å². The number of nitrogens with zero attached hydrogens (tertiary/aromatic N) is 3. The van der Waals surface area contributed by atoms with Crippen LogP contribution in [0.2, 0.25) is 0 Å². The Morgan fingerprint density at radius 3 is 1.66 bits per heavy atom. The van der Waals surface area contributed by atoms with Crippen molar-refractivity contribution in [1.29, 1.82) is 0 Å². The molecular weight excluding hydrogens is 807 g/mol. The van der Waals surface area contributed by atoms with Gasteiger partial charge in [0.25, 0.3) is 0 Å². The quantitative estimate of drug-likeness (QED) is 0.165. The standard InChI is InChI=1S/C61H53N3S/c1-59(2,3)40-24-29-44(30-25-40)62(42-17-11-9-12-18-42)46-28-23-38-37-52-49(36-39(38)35-46)57-58(65-52)48-33-34-51(53-54-56(64(57)55(48)53)47-21-15-16-22-50(47)61(54,7)8)63(43-19-13-10-14-20-43)45-31-26-41(27-32-45)60(4,5)6/h9-37H,1-8H3. The van der Waals surface area contributed by atoms with E-state index in [-0.39, 0.29) is 16.2 Å². The fourth-order valence-electron chi connectivity index (χ4n) is 10.8. The van der Waals surface area contributed by atoms with Crippen LogP contribution in [0.15, 0.2) is 176 Å². The SMILES string of the molecule is CC(C)(C)c1ccc(N(c2ccccc2)c2ccc3cc4sc5c6ccc(N(c7ccccc7)c7ccc(C(C)(C)C)cc7)c7c8c(n(c76)c5c4cc3c2)-c2ccccc2C8(C)C)cc1. The van der Waals surface area contributed by atoms with Crippen LogP contribution in [0.3, 0.4) is 0 Å². The Morgan fingerprint density at radius 1 is 0.477 bits per heavy atom. The predicted octanol–water partition coefficient (Wildman–Crippen LogP) is 17.9. The third-order valence-electron chi connectivity index (χ3n) is 14.2. The lowest BCUT2D eigenvalue weighted by molar-refractivity contribution is 0.590. The van der Waals surface area contributed by atoms with Crippen LogP contribution >= 0.6 is 11.3 Å². The number of hydrogen-bond acceptors (Lipinski definition) is 3. The minimum absolute atomic E-state index is 0.0599. The number of para-hydroxylation sites is 2. The molecular formula is C61H53N3S. The molecule has 0 saturated heterocycles. The summed E-state index contributed by atoms with van der Waals surface area (Å²) in [5, 5.41) is 6.43. The van der Waals surface area contributed by atoms with Crippen LogP contribution in [0.5, 0.6) is 0 Å². The summed E-state index contributed by atoms with van der Waals surface area (Å²) in [6.45, 7) is 18.6. The molecule has 3 aromatic heterocycles. The third-order valence-corrected chi connectivity index (χ3v) is 15.3. The van der Waals surface area contributed by atoms with Crippen molar-refractivity contribution in [2.75, 3.05) is 9.80 Å². The normalized spacial score (nSPS) is 13.7. The maximum Gasteiger partial charge on any atom is 0.0728 e. The summed E-state index contributed by atoms with van der Waals surface area (Å²) in [5.41, 5.74) is 17.6. The fourth-order valence-corrected chi connectivity index (χ4v) is 12.1. The summed E-state index contributed by atoms with van der Waals surface area (Å²) >= 11 is 1.94. The third kappa shape index (κ3) is 6.00. The van der Waals surface area contributed by atoms with Crippen molar-refractivity contribution < 1.29 is 0 Å². The smallest absolute Gasteiger partial charge is 0.0728 e. The number of anilines is 6. The summed E-state index contributed by atoms with van der Waals surface area (Å²) < 4.78 is 5.33. The van der Waals surface area contributed by atoms with Crippen LogP contribution in [-0.2, 0) is 16.2 Å². The van der Waals surface area contributed by atoms with E-state index in [1.165, 1.54) is 86.6 Å². The van der Waals surface area contributed by atoms with Crippen molar-refractivity contribution in [2.45, 2.75) is 71.6 Å². The van der Waals surface area contributed by atoms with Gasteiger partial charge in [0.05, 0.1) is 27.1 Å². The summed E-state index contributed by atoms with van der Waals surface area (Å²) in [6.07, 6.45) is 0. The zero-order chi connectivity index (χ0) is 44.6. The van der Waals surface area contributed by atoms with Gasteiger partial charge in [-0.15, -0.1) is 11.3 Å². The van der Waals surface area contributed by atoms with Crippen LogP contribution in [0, 0.1) is 0 Å². The second kappa shape index (κ2) is 14.1. The van der Waals surface area contributed by atoms with Crippen LogP contribution in [0.1, 0.15) is 77.6 Å². The van der Waals surface area contributed by atoms with Crippen LogP contribution < -0.4 is 9.80 Å². The molecule has 3 heterocycles. The van der Waals surface area contributed by atoms with Gasteiger partial charge in [0.15, 0.2) is 0 Å². The molecule has 1 aliphatic carbocycles. The molecule has 0 fully saturated rings. The van der Waals surface area contributed by atoms with E-state index < -0.39 is 0 Å². The van der Waals surface area contributed by atoms with E-state index in [4.69, 9.17) is 0 Å². The van der Waals surface area contributed by atoms with E-state index in [0.717, 1.165) is 28.4 Å². The molecule has 12 rings (SSSR count). The Bertz CT molecular complexity index is 3620. The molecule has 1 aliphatic rings. The average Bonchev–Trinajstić information content (AvgIpc) is 4.00. The molecule has 65 heavy (non-hydrogen) atoms. The lowest BCUT2D eigenvalue weighted by atomic mass is 9.81. The second-order valence-electron chi connectivity index (χ2n) is 20.7. The Morgan fingerprint density at radius 2 is 1.03 bits per heavy atom. The number of aromatic nitrogens is 1. The molecule has 0 spiro atoms. The van der Waals surface area contributed by atoms with Gasteiger partial charge in [-0.3, -0.25) is 0 Å². The van der Waals surface area contributed by atoms with Gasteiger partial charge in [-0.05, 0) is 129 Å². The first-order chi connectivity index (χ1) is 31.3. The van der Waals surface area contributed by atoms with Gasteiger partial charge < -0.3 is 14.2 Å². The lowest BCUT2D eigenvalue weighted by Crippen LogP contribution is -2.17. The molecule has 3 nitrogen and oxygen atoms in total. The first-order valence-electron chi connectivity index (χ1n) is 23.0. The Labute approximate surface area is 386 Å². The molecule has 8 aromatic carbocycles. The highest BCUT2D eigenvalue weighted by Crippen LogP contribution is 2.59. The predicted molar refractivity (Wildman–Crippen MR) is 281 cm³/mol. The highest BCUT2D eigenvalue weighted by Gasteiger charge is 2.42. The Balaban J connectivity index is 1.12. The second-order valence-corrected chi connectivity index (χ2v) is 21.7. The molecule has 0 unspecified atom stereocenters. The van der Waals surface area contributed by atoms with Gasteiger partial charge in [-0.1, -0.05) is 146 Å². The molecule has 0 N–H and O–H groups in total. The molecule has 0 atom stereocenters. The lowest BCUT2D eigenvalue weighted by Gasteiger charge is -2.29. The molecule has 0 amide bonds. The molecule has 318 valence electrons. The van der Waals surface area contributed by atoms with E-state index in [1.807, 2.05) is 11.3 Å². The zero-order valence-corrected chi connectivity index (χ0v) is 39.3. The summed E-state index contributed by atoms with van der Waals surface area (Å²) in [5.74, 6) is 0. The Hall–Kier alpha value is -6.88. The number of fused-ring (bicyclic) bond motifs is 11. The topological polar surface area (TPSA) is 10.9 Å². The zero-order valence-electron chi connectivity index (χ0n) is 38.5. The monoisotopic (exact) mass is 859 g/mol. The van der Waals surface area contributed by atoms with Crippen molar-refractivity contribution >= 4 is 92.8 Å². The minimum atomic E-state index is -0.224. The average molecular weight is 860 g/mol.